The van der Waals surface area contributed by atoms with Crippen molar-refractivity contribution in [1.82, 2.24) is 24.7 Å². The summed E-state index contributed by atoms with van der Waals surface area (Å²) in [6.45, 7) is 0.950. The van der Waals surface area contributed by atoms with Crippen LogP contribution >= 0.6 is 11.6 Å². The van der Waals surface area contributed by atoms with Crippen molar-refractivity contribution in [2.45, 2.75) is 38.0 Å². The molecule has 182 valence electrons. The Morgan fingerprint density at radius 3 is 2.76 bits per heavy atom. The lowest BCUT2D eigenvalue weighted by molar-refractivity contribution is -0.154. The normalized spacial score (nSPS) is 16.1. The van der Waals surface area contributed by atoms with Crippen LogP contribution in [0.15, 0.2) is 36.7 Å². The van der Waals surface area contributed by atoms with Gasteiger partial charge in [-0.25, -0.2) is 4.98 Å². The second kappa shape index (κ2) is 10.6. The standard InChI is InChI=1S/C22H24ClF3N6O2/c1-31(12-18-10-17(23)4-7-27-18)21-30-29-20(16-6-9-33-13-16)32(21)8-5-15-2-3-19(28-11-15)34-14-22(24,25)26/h2-4,7,10-11,16H,5-6,8-9,12-14H2,1H3. The van der Waals surface area contributed by atoms with Gasteiger partial charge in [0.15, 0.2) is 6.61 Å². The molecule has 4 rings (SSSR count). The summed E-state index contributed by atoms with van der Waals surface area (Å²) in [6, 6.07) is 6.68. The molecule has 1 aliphatic heterocycles. The number of aromatic nitrogens is 5. The van der Waals surface area contributed by atoms with Crippen molar-refractivity contribution in [2.75, 3.05) is 31.8 Å². The molecule has 0 saturated carbocycles. The van der Waals surface area contributed by atoms with Crippen LogP contribution in [0.1, 0.15) is 29.4 Å². The fourth-order valence-electron chi connectivity index (χ4n) is 3.73. The average Bonchev–Trinajstić information content (AvgIpc) is 3.46. The fourth-order valence-corrected chi connectivity index (χ4v) is 3.92. The van der Waals surface area contributed by atoms with Gasteiger partial charge in [0.25, 0.3) is 0 Å². The molecule has 0 aromatic carbocycles. The van der Waals surface area contributed by atoms with E-state index in [2.05, 4.69) is 29.5 Å². The molecule has 0 spiro atoms. The minimum atomic E-state index is -4.40. The maximum absolute atomic E-state index is 12.3. The summed E-state index contributed by atoms with van der Waals surface area (Å²) >= 11 is 6.09. The molecule has 3 aromatic heterocycles. The summed E-state index contributed by atoms with van der Waals surface area (Å²) in [7, 11) is 1.91. The van der Waals surface area contributed by atoms with E-state index < -0.39 is 12.8 Å². The predicted molar refractivity (Wildman–Crippen MR) is 119 cm³/mol. The maximum atomic E-state index is 12.3. The molecule has 0 amide bonds. The molecule has 1 saturated heterocycles. The van der Waals surface area contributed by atoms with Crippen molar-refractivity contribution < 1.29 is 22.6 Å². The number of anilines is 1. The maximum Gasteiger partial charge on any atom is 0.422 e. The Hall–Kier alpha value is -2.92. The van der Waals surface area contributed by atoms with Gasteiger partial charge in [0.1, 0.15) is 5.82 Å². The molecule has 1 aliphatic rings. The van der Waals surface area contributed by atoms with E-state index in [1.807, 2.05) is 11.9 Å². The summed E-state index contributed by atoms with van der Waals surface area (Å²) < 4.78 is 49.3. The zero-order valence-electron chi connectivity index (χ0n) is 18.5. The summed E-state index contributed by atoms with van der Waals surface area (Å²) in [4.78, 5) is 10.3. The molecule has 1 fully saturated rings. The zero-order valence-corrected chi connectivity index (χ0v) is 19.3. The van der Waals surface area contributed by atoms with Crippen molar-refractivity contribution in [3.8, 4) is 5.88 Å². The van der Waals surface area contributed by atoms with Gasteiger partial charge in [-0.05, 0) is 30.5 Å². The van der Waals surface area contributed by atoms with Crippen LogP contribution in [0.2, 0.25) is 5.02 Å². The van der Waals surface area contributed by atoms with E-state index in [0.29, 0.717) is 43.7 Å². The zero-order chi connectivity index (χ0) is 24.1. The number of rotatable bonds is 9. The van der Waals surface area contributed by atoms with Gasteiger partial charge in [0.2, 0.25) is 11.8 Å². The first kappa shape index (κ1) is 24.2. The Kier molecular flexibility index (Phi) is 7.52. The van der Waals surface area contributed by atoms with Crippen LogP contribution in [0, 0.1) is 0 Å². The number of hydrogen-bond acceptors (Lipinski definition) is 7. The predicted octanol–water partition coefficient (Wildman–Crippen LogP) is 4.05. The smallest absolute Gasteiger partial charge is 0.422 e. The van der Waals surface area contributed by atoms with Crippen LogP contribution in [0.3, 0.4) is 0 Å². The van der Waals surface area contributed by atoms with Crippen LogP contribution in [0.4, 0.5) is 19.1 Å². The number of aryl methyl sites for hydroxylation is 1. The SMILES string of the molecule is CN(Cc1cc(Cl)ccn1)c1nnc(C2CCOC2)n1CCc1ccc(OCC(F)(F)F)nc1. The highest BCUT2D eigenvalue weighted by Gasteiger charge is 2.29. The van der Waals surface area contributed by atoms with Crippen LogP contribution < -0.4 is 9.64 Å². The first-order valence-electron chi connectivity index (χ1n) is 10.8. The van der Waals surface area contributed by atoms with E-state index in [4.69, 9.17) is 16.3 Å². The number of pyridine rings is 2. The van der Waals surface area contributed by atoms with Gasteiger partial charge in [-0.15, -0.1) is 10.2 Å². The average molecular weight is 497 g/mol. The number of ether oxygens (including phenoxy) is 2. The quantitative estimate of drug-likeness (QED) is 0.442. The van der Waals surface area contributed by atoms with Crippen LogP contribution in [0.5, 0.6) is 5.88 Å². The van der Waals surface area contributed by atoms with E-state index in [0.717, 1.165) is 23.5 Å². The number of alkyl halides is 3. The molecule has 0 aliphatic carbocycles. The molecule has 34 heavy (non-hydrogen) atoms. The Morgan fingerprint density at radius 1 is 1.24 bits per heavy atom. The van der Waals surface area contributed by atoms with Gasteiger partial charge in [-0.2, -0.15) is 13.2 Å². The Labute approximate surface area is 199 Å². The summed E-state index contributed by atoms with van der Waals surface area (Å²) in [5, 5.41) is 9.50. The van der Waals surface area contributed by atoms with E-state index in [1.165, 1.54) is 12.3 Å². The van der Waals surface area contributed by atoms with Crippen LogP contribution in [0.25, 0.3) is 0 Å². The molecule has 1 unspecified atom stereocenters. The number of nitrogens with zero attached hydrogens (tertiary/aromatic N) is 6. The van der Waals surface area contributed by atoms with Crippen LogP contribution in [-0.2, 0) is 24.2 Å². The minimum Gasteiger partial charge on any atom is -0.468 e. The third-order valence-corrected chi connectivity index (χ3v) is 5.61. The molecule has 3 aromatic rings. The van der Waals surface area contributed by atoms with Gasteiger partial charge >= 0.3 is 6.18 Å². The summed E-state index contributed by atoms with van der Waals surface area (Å²) in [5.41, 5.74) is 1.65. The largest absolute Gasteiger partial charge is 0.468 e. The van der Waals surface area contributed by atoms with Gasteiger partial charge in [-0.3, -0.25) is 9.55 Å². The Morgan fingerprint density at radius 2 is 2.09 bits per heavy atom. The fraction of sp³-hybridized carbons (Fsp3) is 0.455. The molecule has 0 radical (unpaired) electrons. The molecular formula is C22H24ClF3N6O2. The highest BCUT2D eigenvalue weighted by atomic mass is 35.5. The minimum absolute atomic E-state index is 0.0661. The van der Waals surface area contributed by atoms with E-state index in [9.17, 15) is 13.2 Å². The molecular weight excluding hydrogens is 473 g/mol. The van der Waals surface area contributed by atoms with Crippen molar-refractivity contribution in [3.05, 3.63) is 58.8 Å². The summed E-state index contributed by atoms with van der Waals surface area (Å²) in [5.74, 6) is 1.61. The van der Waals surface area contributed by atoms with Gasteiger partial charge in [0, 0.05) is 49.6 Å². The van der Waals surface area contributed by atoms with Crippen molar-refractivity contribution in [1.29, 1.82) is 0 Å². The van der Waals surface area contributed by atoms with Gasteiger partial charge in [-0.1, -0.05) is 17.7 Å². The van der Waals surface area contributed by atoms with E-state index in [1.54, 1.807) is 24.4 Å². The third kappa shape index (κ3) is 6.35. The van der Waals surface area contributed by atoms with E-state index >= 15 is 0 Å². The lowest BCUT2D eigenvalue weighted by Gasteiger charge is -2.20. The molecule has 1 atom stereocenters. The lowest BCUT2D eigenvalue weighted by atomic mass is 10.1. The molecule has 0 N–H and O–H groups in total. The van der Waals surface area contributed by atoms with E-state index in [-0.39, 0.29) is 11.8 Å². The second-order valence-electron chi connectivity index (χ2n) is 8.05. The number of hydrogen-bond donors (Lipinski definition) is 0. The Balaban J connectivity index is 1.48. The highest BCUT2D eigenvalue weighted by Crippen LogP contribution is 2.27. The van der Waals surface area contributed by atoms with Crippen molar-refractivity contribution >= 4 is 17.5 Å². The highest BCUT2D eigenvalue weighted by molar-refractivity contribution is 6.30. The van der Waals surface area contributed by atoms with Crippen LogP contribution in [-0.4, -0.2) is 57.8 Å². The second-order valence-corrected chi connectivity index (χ2v) is 8.49. The molecule has 8 nitrogen and oxygen atoms in total. The Bertz CT molecular complexity index is 1090. The van der Waals surface area contributed by atoms with Crippen molar-refractivity contribution in [2.24, 2.45) is 0 Å². The first-order valence-corrected chi connectivity index (χ1v) is 11.1. The van der Waals surface area contributed by atoms with Gasteiger partial charge in [0.05, 0.1) is 18.8 Å². The molecule has 0 bridgehead atoms. The topological polar surface area (TPSA) is 78.2 Å². The molecule has 4 heterocycles. The lowest BCUT2D eigenvalue weighted by Crippen LogP contribution is -2.23. The third-order valence-electron chi connectivity index (χ3n) is 5.38. The first-order chi connectivity index (χ1) is 16.3. The monoisotopic (exact) mass is 496 g/mol. The van der Waals surface area contributed by atoms with Gasteiger partial charge < -0.3 is 14.4 Å². The molecule has 12 heteroatoms. The summed E-state index contributed by atoms with van der Waals surface area (Å²) in [6.07, 6.45) is 0.227. The number of halogens is 4. The van der Waals surface area contributed by atoms with Crippen molar-refractivity contribution in [3.63, 3.8) is 0 Å².